The van der Waals surface area contributed by atoms with E-state index in [2.05, 4.69) is 4.98 Å². The lowest BCUT2D eigenvalue weighted by Gasteiger charge is -2.25. The van der Waals surface area contributed by atoms with E-state index in [1.54, 1.807) is 6.07 Å². The minimum Gasteiger partial charge on any atom is -0.494 e. The monoisotopic (exact) mass is 338 g/mol. The number of aromatic nitrogens is 1. The first kappa shape index (κ1) is 18.1. The van der Waals surface area contributed by atoms with Crippen LogP contribution < -0.4 is 10.5 Å². The molecule has 2 radical (unpaired) electrons. The third kappa shape index (κ3) is 3.51. The molecular formula is C16H15BN4O4. The number of ether oxygens (including phenoxy) is 1. The first-order chi connectivity index (χ1) is 11.8. The molecule has 1 atom stereocenters. The average Bonchev–Trinajstić information content (AvgIpc) is 2.62. The van der Waals surface area contributed by atoms with Crippen molar-refractivity contribution in [1.29, 1.82) is 5.41 Å². The summed E-state index contributed by atoms with van der Waals surface area (Å²) < 4.78 is 5.24. The van der Waals surface area contributed by atoms with Crippen molar-refractivity contribution in [3.63, 3.8) is 0 Å². The third-order valence-corrected chi connectivity index (χ3v) is 3.57. The fraction of sp³-hybridized carbons (Fsp3) is 0.125. The summed E-state index contributed by atoms with van der Waals surface area (Å²) in [5.74, 6) is 0.341. The summed E-state index contributed by atoms with van der Waals surface area (Å²) >= 11 is 0. The van der Waals surface area contributed by atoms with Gasteiger partial charge < -0.3 is 21.0 Å². The van der Waals surface area contributed by atoms with Crippen LogP contribution in [0.25, 0.3) is 11.3 Å². The van der Waals surface area contributed by atoms with Crippen molar-refractivity contribution in [3.05, 3.63) is 64.0 Å². The maximum Gasteiger partial charge on any atom is 0.270 e. The molecule has 2 rings (SSSR count). The predicted molar refractivity (Wildman–Crippen MR) is 93.6 cm³/mol. The number of pyridine rings is 1. The smallest absolute Gasteiger partial charge is 0.270 e. The van der Waals surface area contributed by atoms with Gasteiger partial charge in [0, 0.05) is 35.7 Å². The van der Waals surface area contributed by atoms with Gasteiger partial charge >= 0.3 is 0 Å². The highest BCUT2D eigenvalue weighted by atomic mass is 16.6. The Morgan fingerprint density at radius 1 is 1.48 bits per heavy atom. The number of nitrogens with one attached hydrogen (secondary N) is 1. The summed E-state index contributed by atoms with van der Waals surface area (Å²) in [6.45, 7) is 0. The van der Waals surface area contributed by atoms with E-state index >= 15 is 0 Å². The topological polar surface area (TPSA) is 135 Å². The van der Waals surface area contributed by atoms with Crippen molar-refractivity contribution in [2.75, 3.05) is 7.11 Å². The number of rotatable bonds is 6. The Hall–Kier alpha value is -3.20. The number of hydrogen-bond donors (Lipinski definition) is 3. The Kier molecular flexibility index (Phi) is 5.18. The number of nitro benzene ring substituents is 1. The van der Waals surface area contributed by atoms with Gasteiger partial charge in [0.25, 0.3) is 5.69 Å². The van der Waals surface area contributed by atoms with Crippen LogP contribution in [-0.4, -0.2) is 36.2 Å². The molecule has 0 aliphatic heterocycles. The van der Waals surface area contributed by atoms with Gasteiger partial charge in [0.15, 0.2) is 0 Å². The Morgan fingerprint density at radius 3 is 2.76 bits per heavy atom. The number of nitrogens with two attached hydrogens (primary N) is 1. The van der Waals surface area contributed by atoms with Crippen LogP contribution in [0.3, 0.4) is 0 Å². The number of aliphatic hydroxyl groups is 1. The third-order valence-electron chi connectivity index (χ3n) is 3.57. The molecule has 0 aliphatic carbocycles. The number of non-ortho nitro benzene ring substituents is 1. The van der Waals surface area contributed by atoms with Crippen molar-refractivity contribution in [2.24, 2.45) is 5.73 Å². The molecule has 1 heterocycles. The standard InChI is InChI=1S/C16H15BN4O4/c1-25-13-5-6-14(16(17,22)11(8-18)9-19)20-15(13)10-3-2-4-12(7-10)21(23)24/h2-9,18,22H,19H2,1H3/b11-9+,18-8?. The highest BCUT2D eigenvalue weighted by Gasteiger charge is 2.29. The second-order valence-corrected chi connectivity index (χ2v) is 5.09. The Balaban J connectivity index is 2.64. The van der Waals surface area contributed by atoms with Gasteiger partial charge in [-0.25, -0.2) is 4.98 Å². The van der Waals surface area contributed by atoms with Crippen LogP contribution in [-0.2, 0) is 5.50 Å². The first-order valence-corrected chi connectivity index (χ1v) is 7.09. The van der Waals surface area contributed by atoms with E-state index < -0.39 is 10.4 Å². The molecule has 0 spiro atoms. The SMILES string of the molecule is [B]C(O)(/C(C=N)=C/N)c1ccc(OC)c(-c2cccc([N+](=O)[O-])c2)n1. The van der Waals surface area contributed by atoms with Crippen molar-refractivity contribution >= 4 is 19.7 Å². The Labute approximate surface area is 145 Å². The molecule has 0 aliphatic rings. The van der Waals surface area contributed by atoms with E-state index in [4.69, 9.17) is 23.7 Å². The van der Waals surface area contributed by atoms with Gasteiger partial charge in [-0.05, 0) is 12.1 Å². The zero-order chi connectivity index (χ0) is 18.6. The fourth-order valence-electron chi connectivity index (χ4n) is 2.23. The van der Waals surface area contributed by atoms with E-state index in [1.165, 1.54) is 37.4 Å². The van der Waals surface area contributed by atoms with Crippen LogP contribution in [0.15, 0.2) is 48.2 Å². The van der Waals surface area contributed by atoms with E-state index in [0.717, 1.165) is 12.4 Å². The van der Waals surface area contributed by atoms with Crippen LogP contribution in [0.2, 0.25) is 0 Å². The van der Waals surface area contributed by atoms with Gasteiger partial charge in [-0.1, -0.05) is 12.1 Å². The minimum atomic E-state index is -2.10. The molecule has 8 nitrogen and oxygen atoms in total. The second-order valence-electron chi connectivity index (χ2n) is 5.09. The highest BCUT2D eigenvalue weighted by molar-refractivity contribution is 6.19. The molecule has 1 unspecified atom stereocenters. The number of benzene rings is 1. The van der Waals surface area contributed by atoms with E-state index in [1.807, 2.05) is 0 Å². The van der Waals surface area contributed by atoms with Crippen LogP contribution in [0, 0.1) is 15.5 Å². The van der Waals surface area contributed by atoms with Crippen molar-refractivity contribution < 1.29 is 14.8 Å². The molecule has 0 fully saturated rings. The van der Waals surface area contributed by atoms with Crippen LogP contribution >= 0.6 is 0 Å². The normalized spacial score (nSPS) is 13.8. The summed E-state index contributed by atoms with van der Waals surface area (Å²) in [6, 6.07) is 8.76. The fourth-order valence-corrected chi connectivity index (χ4v) is 2.23. The van der Waals surface area contributed by atoms with Crippen LogP contribution in [0.1, 0.15) is 5.69 Å². The lowest BCUT2D eigenvalue weighted by Crippen LogP contribution is -2.31. The van der Waals surface area contributed by atoms with Gasteiger partial charge in [-0.3, -0.25) is 10.1 Å². The zero-order valence-corrected chi connectivity index (χ0v) is 13.3. The zero-order valence-electron chi connectivity index (χ0n) is 13.3. The summed E-state index contributed by atoms with van der Waals surface area (Å²) in [5.41, 5.74) is 3.79. The quantitative estimate of drug-likeness (QED) is 0.316. The minimum absolute atomic E-state index is 0.00926. The Bertz CT molecular complexity index is 852. The molecule has 2 aromatic rings. The number of nitrogens with zero attached hydrogens (tertiary/aromatic N) is 2. The highest BCUT2D eigenvalue weighted by Crippen LogP contribution is 2.33. The number of hydrogen-bond acceptors (Lipinski definition) is 7. The van der Waals surface area contributed by atoms with E-state index in [0.29, 0.717) is 11.3 Å². The molecule has 0 bridgehead atoms. The molecule has 4 N–H and O–H groups in total. The largest absolute Gasteiger partial charge is 0.494 e. The number of nitro groups is 1. The molecule has 25 heavy (non-hydrogen) atoms. The summed E-state index contributed by atoms with van der Waals surface area (Å²) in [6.07, 6.45) is 1.82. The predicted octanol–water partition coefficient (Wildman–Crippen LogP) is 1.47. The molecule has 0 saturated heterocycles. The lowest BCUT2D eigenvalue weighted by atomic mass is 9.73. The van der Waals surface area contributed by atoms with E-state index in [-0.39, 0.29) is 22.6 Å². The molecule has 126 valence electrons. The molecule has 0 saturated carbocycles. The lowest BCUT2D eigenvalue weighted by molar-refractivity contribution is -0.384. The van der Waals surface area contributed by atoms with Gasteiger partial charge in [0.2, 0.25) is 0 Å². The molecular weight excluding hydrogens is 323 g/mol. The Morgan fingerprint density at radius 2 is 2.20 bits per heavy atom. The van der Waals surface area contributed by atoms with Crippen molar-refractivity contribution in [1.82, 2.24) is 4.98 Å². The van der Waals surface area contributed by atoms with Crippen molar-refractivity contribution in [2.45, 2.75) is 5.50 Å². The summed E-state index contributed by atoms with van der Waals surface area (Å²) in [7, 11) is 7.29. The van der Waals surface area contributed by atoms with Crippen molar-refractivity contribution in [3.8, 4) is 17.0 Å². The maximum absolute atomic E-state index is 11.0. The average molecular weight is 338 g/mol. The van der Waals surface area contributed by atoms with Crippen LogP contribution in [0.4, 0.5) is 5.69 Å². The van der Waals surface area contributed by atoms with Gasteiger partial charge in [0.1, 0.15) is 19.3 Å². The van der Waals surface area contributed by atoms with E-state index in [9.17, 15) is 15.2 Å². The molecule has 0 amide bonds. The van der Waals surface area contributed by atoms with Gasteiger partial charge in [-0.15, -0.1) is 0 Å². The van der Waals surface area contributed by atoms with Gasteiger partial charge in [0.05, 0.1) is 23.2 Å². The van der Waals surface area contributed by atoms with Gasteiger partial charge in [-0.2, -0.15) is 0 Å². The molecule has 1 aromatic heterocycles. The maximum atomic E-state index is 11.0. The second kappa shape index (κ2) is 7.14. The summed E-state index contributed by atoms with van der Waals surface area (Å²) in [5, 5.41) is 28.8. The first-order valence-electron chi connectivity index (χ1n) is 7.09. The summed E-state index contributed by atoms with van der Waals surface area (Å²) in [4.78, 5) is 14.7. The molecule has 1 aromatic carbocycles. The van der Waals surface area contributed by atoms with Crippen LogP contribution in [0.5, 0.6) is 5.75 Å². The number of methoxy groups -OCH3 is 1. The molecule has 9 heteroatoms.